The second-order valence-electron chi connectivity index (χ2n) is 5.99. The highest BCUT2D eigenvalue weighted by atomic mass is 16.5. The van der Waals surface area contributed by atoms with Crippen molar-refractivity contribution in [2.24, 2.45) is 0 Å². The van der Waals surface area contributed by atoms with E-state index in [9.17, 15) is 5.11 Å². The maximum absolute atomic E-state index is 9.87. The number of nitrogens with zero attached hydrogens (tertiary/aromatic N) is 2. The van der Waals surface area contributed by atoms with Crippen molar-refractivity contribution in [2.45, 2.75) is 25.7 Å². The number of hydrogen-bond donors (Lipinski definition) is 4. The predicted octanol–water partition coefficient (Wildman–Crippen LogP) is 0.605. The van der Waals surface area contributed by atoms with E-state index in [1.165, 1.54) is 0 Å². The maximum Gasteiger partial charge on any atom is 0.414 e. The van der Waals surface area contributed by atoms with Crippen molar-refractivity contribution in [3.8, 4) is 5.75 Å². The summed E-state index contributed by atoms with van der Waals surface area (Å²) in [4.78, 5) is 22.2. The molecule has 0 amide bonds. The van der Waals surface area contributed by atoms with Crippen LogP contribution in [0, 0.1) is 0 Å². The van der Waals surface area contributed by atoms with E-state index in [4.69, 9.17) is 29.3 Å². The average Bonchev–Trinajstić information content (AvgIpc) is 3.22. The Morgan fingerprint density at radius 1 is 1.21 bits per heavy atom. The molecule has 29 heavy (non-hydrogen) atoms. The van der Waals surface area contributed by atoms with Crippen LogP contribution in [0.4, 0.5) is 0 Å². The number of carboxylic acids is 2. The summed E-state index contributed by atoms with van der Waals surface area (Å²) in [5.41, 5.74) is 1.06. The van der Waals surface area contributed by atoms with Crippen LogP contribution in [0.15, 0.2) is 43.0 Å². The van der Waals surface area contributed by atoms with Crippen LogP contribution < -0.4 is 10.1 Å². The zero-order valence-corrected chi connectivity index (χ0v) is 16.2. The normalized spacial score (nSPS) is 11.2. The summed E-state index contributed by atoms with van der Waals surface area (Å²) in [5.74, 6) is -2.82. The number of carbonyl (C=O) groups is 2. The number of benzene rings is 1. The summed E-state index contributed by atoms with van der Waals surface area (Å²) in [7, 11) is 1.64. The van der Waals surface area contributed by atoms with Gasteiger partial charge < -0.3 is 34.7 Å². The lowest BCUT2D eigenvalue weighted by atomic mass is 10.2. The zero-order chi connectivity index (χ0) is 21.5. The minimum atomic E-state index is -1.82. The topological polar surface area (TPSA) is 143 Å². The third-order valence-corrected chi connectivity index (χ3v) is 3.63. The van der Waals surface area contributed by atoms with E-state index in [0.717, 1.165) is 30.8 Å². The summed E-state index contributed by atoms with van der Waals surface area (Å²) in [6, 6.07) is 7.72. The fourth-order valence-corrected chi connectivity index (χ4v) is 2.17. The van der Waals surface area contributed by atoms with Gasteiger partial charge in [0.1, 0.15) is 5.75 Å². The fourth-order valence-electron chi connectivity index (χ4n) is 2.17. The molecule has 0 aliphatic heterocycles. The molecular weight excluding hydrogens is 382 g/mol. The number of hydrogen-bond acceptors (Lipinski definition) is 7. The Morgan fingerprint density at radius 2 is 1.90 bits per heavy atom. The van der Waals surface area contributed by atoms with E-state index >= 15 is 0 Å². The van der Waals surface area contributed by atoms with E-state index in [-0.39, 0.29) is 0 Å². The first kappa shape index (κ1) is 24.1. The average molecular weight is 409 g/mol. The number of aromatic nitrogens is 2. The first-order valence-electron chi connectivity index (χ1n) is 8.93. The molecule has 1 heterocycles. The van der Waals surface area contributed by atoms with Crippen LogP contribution in [0.1, 0.15) is 12.0 Å². The van der Waals surface area contributed by atoms with Crippen molar-refractivity contribution in [1.29, 1.82) is 0 Å². The van der Waals surface area contributed by atoms with Gasteiger partial charge in [-0.3, -0.25) is 0 Å². The first-order valence-corrected chi connectivity index (χ1v) is 8.93. The van der Waals surface area contributed by atoms with Crippen molar-refractivity contribution in [2.75, 3.05) is 26.8 Å². The van der Waals surface area contributed by atoms with Gasteiger partial charge in [0.05, 0.1) is 32.8 Å². The number of aliphatic carboxylic acids is 2. The molecule has 0 saturated carbocycles. The Morgan fingerprint density at radius 3 is 2.45 bits per heavy atom. The molecule has 160 valence electrons. The Kier molecular flexibility index (Phi) is 11.7. The third kappa shape index (κ3) is 11.5. The quantitative estimate of drug-likeness (QED) is 0.310. The molecule has 0 aliphatic carbocycles. The highest BCUT2D eigenvalue weighted by Gasteiger charge is 2.05. The predicted molar refractivity (Wildman–Crippen MR) is 104 cm³/mol. The molecule has 0 spiro atoms. The van der Waals surface area contributed by atoms with Gasteiger partial charge in [-0.25, -0.2) is 14.6 Å². The first-order chi connectivity index (χ1) is 13.9. The van der Waals surface area contributed by atoms with E-state index in [0.29, 0.717) is 19.8 Å². The molecule has 2 rings (SSSR count). The van der Waals surface area contributed by atoms with Gasteiger partial charge in [-0.05, 0) is 30.7 Å². The smallest absolute Gasteiger partial charge is 0.414 e. The van der Waals surface area contributed by atoms with E-state index in [1.807, 2.05) is 41.4 Å². The molecule has 0 bridgehead atoms. The lowest BCUT2D eigenvalue weighted by Gasteiger charge is -2.12. The number of carboxylic acid groups (broad SMARTS) is 2. The number of imidazole rings is 1. The Hall–Kier alpha value is -2.95. The van der Waals surface area contributed by atoms with Crippen molar-refractivity contribution in [3.05, 3.63) is 48.5 Å². The number of rotatable bonds is 11. The molecule has 0 saturated heterocycles. The minimum absolute atomic E-state index is 0.320. The van der Waals surface area contributed by atoms with Gasteiger partial charge >= 0.3 is 11.9 Å². The van der Waals surface area contributed by atoms with Crippen LogP contribution in [0.25, 0.3) is 0 Å². The number of ether oxygens (including phenoxy) is 2. The molecule has 1 aromatic heterocycles. The number of aliphatic hydroxyl groups is 1. The second-order valence-corrected chi connectivity index (χ2v) is 5.99. The minimum Gasteiger partial charge on any atom is -0.497 e. The second kappa shape index (κ2) is 14.1. The number of aryl methyl sites for hydroxylation is 1. The molecule has 0 aliphatic rings. The Balaban J connectivity index is 0.000000612. The molecule has 1 unspecified atom stereocenters. The molecule has 10 nitrogen and oxygen atoms in total. The highest BCUT2D eigenvalue weighted by Crippen LogP contribution is 2.11. The van der Waals surface area contributed by atoms with Crippen molar-refractivity contribution in [3.63, 3.8) is 0 Å². The Bertz CT molecular complexity index is 693. The van der Waals surface area contributed by atoms with Crippen molar-refractivity contribution >= 4 is 11.9 Å². The summed E-state index contributed by atoms with van der Waals surface area (Å²) in [5, 5.41) is 27.9. The molecular formula is C19H27N3O7. The van der Waals surface area contributed by atoms with Gasteiger partial charge in [0.25, 0.3) is 0 Å². The van der Waals surface area contributed by atoms with E-state index < -0.39 is 18.0 Å². The van der Waals surface area contributed by atoms with E-state index in [1.54, 1.807) is 13.3 Å². The highest BCUT2D eigenvalue weighted by molar-refractivity contribution is 6.27. The summed E-state index contributed by atoms with van der Waals surface area (Å²) in [6.45, 7) is 3.12. The fraction of sp³-hybridized carbons (Fsp3) is 0.421. The molecule has 1 atom stereocenters. The molecule has 1 aromatic carbocycles. The molecule has 4 N–H and O–H groups in total. The van der Waals surface area contributed by atoms with E-state index in [2.05, 4.69) is 10.3 Å². The van der Waals surface area contributed by atoms with Crippen LogP contribution in [-0.4, -0.2) is 69.7 Å². The molecule has 0 radical (unpaired) electrons. The maximum atomic E-state index is 9.87. The zero-order valence-electron chi connectivity index (χ0n) is 16.2. The summed E-state index contributed by atoms with van der Waals surface area (Å²) >= 11 is 0. The monoisotopic (exact) mass is 409 g/mol. The molecule has 10 heteroatoms. The van der Waals surface area contributed by atoms with Crippen LogP contribution in [0.5, 0.6) is 5.75 Å². The largest absolute Gasteiger partial charge is 0.497 e. The van der Waals surface area contributed by atoms with Crippen molar-refractivity contribution in [1.82, 2.24) is 14.9 Å². The van der Waals surface area contributed by atoms with Gasteiger partial charge in [-0.15, -0.1) is 0 Å². The lowest BCUT2D eigenvalue weighted by molar-refractivity contribution is -0.159. The van der Waals surface area contributed by atoms with Crippen molar-refractivity contribution < 1.29 is 34.4 Å². The number of nitrogens with one attached hydrogen (secondary N) is 1. The lowest BCUT2D eigenvalue weighted by Crippen LogP contribution is -2.31. The van der Waals surface area contributed by atoms with Gasteiger partial charge in [0.2, 0.25) is 0 Å². The van der Waals surface area contributed by atoms with Gasteiger partial charge in [-0.1, -0.05) is 12.1 Å². The number of methoxy groups -OCH3 is 1. The Labute approximate surface area is 168 Å². The summed E-state index contributed by atoms with van der Waals surface area (Å²) in [6.07, 6.45) is 6.03. The van der Waals surface area contributed by atoms with Gasteiger partial charge in [-0.2, -0.15) is 0 Å². The standard InChI is InChI=1S/C17H25N3O3.C2H2O4/c1-22-17-5-3-15(4-6-17)12-23-13-16(21)11-18-7-2-9-20-10-8-19-14-20;3-1(4)2(5)6/h3-6,8,10,14,16,18,21H,2,7,9,11-13H2,1H3;(H,3,4)(H,5,6). The van der Waals surface area contributed by atoms with Crippen LogP contribution in [0.3, 0.4) is 0 Å². The van der Waals surface area contributed by atoms with Crippen LogP contribution in [0.2, 0.25) is 0 Å². The van der Waals surface area contributed by atoms with Crippen LogP contribution in [-0.2, 0) is 27.5 Å². The molecule has 2 aromatic rings. The van der Waals surface area contributed by atoms with Crippen LogP contribution >= 0.6 is 0 Å². The molecule has 0 fully saturated rings. The SMILES string of the molecule is COc1ccc(COCC(O)CNCCCn2ccnc2)cc1.O=C(O)C(=O)O. The van der Waals surface area contributed by atoms with Gasteiger partial charge in [0.15, 0.2) is 0 Å². The summed E-state index contributed by atoms with van der Waals surface area (Å²) < 4.78 is 12.7. The number of aliphatic hydroxyl groups excluding tert-OH is 1. The third-order valence-electron chi connectivity index (χ3n) is 3.63. The van der Waals surface area contributed by atoms with Gasteiger partial charge in [0, 0.05) is 25.5 Å².